The molecule has 6 nitrogen and oxygen atoms in total. The predicted octanol–water partition coefficient (Wildman–Crippen LogP) is 0.548. The Labute approximate surface area is 125 Å². The SMILES string of the molecule is Cc1n[nH]c(C)c1CC(=O)N[C@H]1COC[C@@H]1N1CCCC1. The number of nitrogens with one attached hydrogen (secondary N) is 2. The molecule has 0 radical (unpaired) electrons. The third kappa shape index (κ3) is 3.11. The highest BCUT2D eigenvalue weighted by Crippen LogP contribution is 2.19. The van der Waals surface area contributed by atoms with Crippen LogP contribution in [0.1, 0.15) is 29.8 Å². The molecule has 2 atom stereocenters. The summed E-state index contributed by atoms with van der Waals surface area (Å²) in [5, 5.41) is 10.2. The van der Waals surface area contributed by atoms with Gasteiger partial charge >= 0.3 is 0 Å². The lowest BCUT2D eigenvalue weighted by atomic mass is 10.1. The molecule has 0 saturated carbocycles. The summed E-state index contributed by atoms with van der Waals surface area (Å²) in [6.45, 7) is 7.48. The van der Waals surface area contributed by atoms with Crippen molar-refractivity contribution >= 4 is 5.91 Å². The summed E-state index contributed by atoms with van der Waals surface area (Å²) < 4.78 is 5.59. The van der Waals surface area contributed by atoms with Crippen LogP contribution in [0.5, 0.6) is 0 Å². The number of hydrogen-bond acceptors (Lipinski definition) is 4. The molecule has 1 aromatic heterocycles. The number of aromatic nitrogens is 2. The second-order valence-electron chi connectivity index (χ2n) is 6.11. The van der Waals surface area contributed by atoms with Gasteiger partial charge < -0.3 is 10.1 Å². The van der Waals surface area contributed by atoms with Crippen molar-refractivity contribution in [1.29, 1.82) is 0 Å². The Balaban J connectivity index is 1.59. The van der Waals surface area contributed by atoms with Crippen LogP contribution in [0.15, 0.2) is 0 Å². The van der Waals surface area contributed by atoms with Crippen LogP contribution >= 0.6 is 0 Å². The van der Waals surface area contributed by atoms with Gasteiger partial charge in [0.1, 0.15) is 0 Å². The molecule has 2 fully saturated rings. The molecule has 6 heteroatoms. The third-order valence-electron chi connectivity index (χ3n) is 4.62. The fourth-order valence-corrected chi connectivity index (χ4v) is 3.37. The minimum atomic E-state index is 0.0577. The van der Waals surface area contributed by atoms with Gasteiger partial charge in [0.15, 0.2) is 0 Å². The van der Waals surface area contributed by atoms with E-state index in [0.717, 1.165) is 36.6 Å². The minimum absolute atomic E-state index is 0.0577. The second kappa shape index (κ2) is 6.15. The van der Waals surface area contributed by atoms with E-state index in [2.05, 4.69) is 20.4 Å². The molecule has 21 heavy (non-hydrogen) atoms. The average molecular weight is 292 g/mol. The Morgan fingerprint density at radius 2 is 2.14 bits per heavy atom. The van der Waals surface area contributed by atoms with Gasteiger partial charge in [-0.25, -0.2) is 0 Å². The van der Waals surface area contributed by atoms with Gasteiger partial charge in [0.25, 0.3) is 0 Å². The third-order valence-corrected chi connectivity index (χ3v) is 4.62. The van der Waals surface area contributed by atoms with E-state index in [1.165, 1.54) is 12.8 Å². The molecule has 1 amide bonds. The highest BCUT2D eigenvalue weighted by molar-refractivity contribution is 5.79. The molecule has 1 aromatic rings. The van der Waals surface area contributed by atoms with Crippen molar-refractivity contribution < 1.29 is 9.53 Å². The number of rotatable bonds is 4. The number of H-pyrrole nitrogens is 1. The van der Waals surface area contributed by atoms with Gasteiger partial charge in [0, 0.05) is 11.3 Å². The average Bonchev–Trinajstić information content (AvgIpc) is 3.16. The van der Waals surface area contributed by atoms with E-state index in [1.807, 2.05) is 13.8 Å². The van der Waals surface area contributed by atoms with Gasteiger partial charge in [0.05, 0.1) is 37.4 Å². The maximum absolute atomic E-state index is 12.3. The number of amides is 1. The first-order valence-electron chi connectivity index (χ1n) is 7.76. The quantitative estimate of drug-likeness (QED) is 0.850. The van der Waals surface area contributed by atoms with Crippen LogP contribution in [0, 0.1) is 13.8 Å². The Hall–Kier alpha value is -1.40. The smallest absolute Gasteiger partial charge is 0.224 e. The first-order valence-corrected chi connectivity index (χ1v) is 7.76. The van der Waals surface area contributed by atoms with Gasteiger partial charge in [-0.15, -0.1) is 0 Å². The first-order chi connectivity index (χ1) is 10.1. The number of aromatic amines is 1. The predicted molar refractivity (Wildman–Crippen MR) is 79.1 cm³/mol. The van der Waals surface area contributed by atoms with Gasteiger partial charge in [0.2, 0.25) is 5.91 Å². The summed E-state index contributed by atoms with van der Waals surface area (Å²) in [7, 11) is 0. The largest absolute Gasteiger partial charge is 0.378 e. The van der Waals surface area contributed by atoms with Crippen LogP contribution < -0.4 is 5.32 Å². The lowest BCUT2D eigenvalue weighted by Gasteiger charge is -2.27. The van der Waals surface area contributed by atoms with Crippen molar-refractivity contribution in [2.24, 2.45) is 0 Å². The maximum atomic E-state index is 12.3. The van der Waals surface area contributed by atoms with Gasteiger partial charge in [-0.3, -0.25) is 14.8 Å². The second-order valence-corrected chi connectivity index (χ2v) is 6.11. The molecule has 0 aliphatic carbocycles. The lowest BCUT2D eigenvalue weighted by Crippen LogP contribution is -2.50. The van der Waals surface area contributed by atoms with E-state index in [1.54, 1.807) is 0 Å². The first kappa shape index (κ1) is 14.5. The Bertz CT molecular complexity index is 488. The summed E-state index contributed by atoms with van der Waals surface area (Å²) in [5.74, 6) is 0.0577. The zero-order valence-corrected chi connectivity index (χ0v) is 12.8. The number of nitrogens with zero attached hydrogens (tertiary/aromatic N) is 2. The number of carbonyl (C=O) groups is 1. The summed E-state index contributed by atoms with van der Waals surface area (Å²) in [4.78, 5) is 14.8. The molecule has 0 unspecified atom stereocenters. The number of carbonyl (C=O) groups excluding carboxylic acids is 1. The lowest BCUT2D eigenvalue weighted by molar-refractivity contribution is -0.121. The zero-order chi connectivity index (χ0) is 14.8. The van der Waals surface area contributed by atoms with Crippen molar-refractivity contribution in [3.63, 3.8) is 0 Å². The van der Waals surface area contributed by atoms with E-state index >= 15 is 0 Å². The number of hydrogen-bond donors (Lipinski definition) is 2. The summed E-state index contributed by atoms with van der Waals surface area (Å²) in [5.41, 5.74) is 2.88. The van der Waals surface area contributed by atoms with E-state index in [9.17, 15) is 4.79 Å². The van der Waals surface area contributed by atoms with Crippen molar-refractivity contribution in [1.82, 2.24) is 20.4 Å². The molecule has 2 N–H and O–H groups in total. The summed E-state index contributed by atoms with van der Waals surface area (Å²) >= 11 is 0. The molecule has 2 aliphatic heterocycles. The topological polar surface area (TPSA) is 70.2 Å². The molecule has 116 valence electrons. The van der Waals surface area contributed by atoms with Crippen molar-refractivity contribution in [3.05, 3.63) is 17.0 Å². The molecule has 3 heterocycles. The standard InChI is InChI=1S/C15H24N4O2/c1-10-12(11(2)18-17-10)7-15(20)16-13-8-21-9-14(13)19-5-3-4-6-19/h13-14H,3-9H2,1-2H3,(H,16,20)(H,17,18)/t13-,14-/m0/s1. The molecule has 3 rings (SSSR count). The van der Waals surface area contributed by atoms with E-state index in [0.29, 0.717) is 19.1 Å². The van der Waals surface area contributed by atoms with E-state index in [-0.39, 0.29) is 11.9 Å². The van der Waals surface area contributed by atoms with Crippen LogP contribution in [-0.4, -0.2) is 59.4 Å². The highest BCUT2D eigenvalue weighted by atomic mass is 16.5. The van der Waals surface area contributed by atoms with Crippen LogP contribution in [0.25, 0.3) is 0 Å². The van der Waals surface area contributed by atoms with Crippen LogP contribution in [0.4, 0.5) is 0 Å². The fraction of sp³-hybridized carbons (Fsp3) is 0.733. The molecule has 0 spiro atoms. The molecule has 2 aliphatic rings. The minimum Gasteiger partial charge on any atom is -0.378 e. The molecule has 0 bridgehead atoms. The van der Waals surface area contributed by atoms with Gasteiger partial charge in [-0.05, 0) is 39.8 Å². The molecular formula is C15H24N4O2. The van der Waals surface area contributed by atoms with Crippen LogP contribution in [-0.2, 0) is 16.0 Å². The van der Waals surface area contributed by atoms with Gasteiger partial charge in [-0.2, -0.15) is 5.10 Å². The number of aryl methyl sites for hydroxylation is 2. The summed E-state index contributed by atoms with van der Waals surface area (Å²) in [6.07, 6.45) is 2.90. The molecule has 2 saturated heterocycles. The van der Waals surface area contributed by atoms with Crippen molar-refractivity contribution in [3.8, 4) is 0 Å². The molecule has 0 aromatic carbocycles. The van der Waals surface area contributed by atoms with E-state index < -0.39 is 0 Å². The Morgan fingerprint density at radius 1 is 1.38 bits per heavy atom. The Kier molecular flexibility index (Phi) is 4.26. The monoisotopic (exact) mass is 292 g/mol. The normalized spacial score (nSPS) is 26.4. The fourth-order valence-electron chi connectivity index (χ4n) is 3.37. The Morgan fingerprint density at radius 3 is 2.81 bits per heavy atom. The van der Waals surface area contributed by atoms with Crippen LogP contribution in [0.2, 0.25) is 0 Å². The maximum Gasteiger partial charge on any atom is 0.224 e. The molecular weight excluding hydrogens is 268 g/mol. The summed E-state index contributed by atoms with van der Waals surface area (Å²) in [6, 6.07) is 0.450. The van der Waals surface area contributed by atoms with Crippen LogP contribution in [0.3, 0.4) is 0 Å². The zero-order valence-electron chi connectivity index (χ0n) is 12.8. The van der Waals surface area contributed by atoms with Gasteiger partial charge in [-0.1, -0.05) is 0 Å². The number of likely N-dealkylation sites (tertiary alicyclic amines) is 1. The highest BCUT2D eigenvalue weighted by Gasteiger charge is 2.35. The van der Waals surface area contributed by atoms with E-state index in [4.69, 9.17) is 4.74 Å². The van der Waals surface area contributed by atoms with Crippen molar-refractivity contribution in [2.45, 2.75) is 45.2 Å². The van der Waals surface area contributed by atoms with Crippen molar-refractivity contribution in [2.75, 3.05) is 26.3 Å². The number of ether oxygens (including phenoxy) is 1.